The van der Waals surface area contributed by atoms with Crippen molar-refractivity contribution < 1.29 is 17.9 Å². The van der Waals surface area contributed by atoms with Gasteiger partial charge in [-0.25, -0.2) is 13.2 Å². The minimum absolute atomic E-state index is 0.00662. The van der Waals surface area contributed by atoms with Crippen LogP contribution in [0, 0.1) is 28.8 Å². The van der Waals surface area contributed by atoms with Crippen molar-refractivity contribution in [2.75, 3.05) is 6.61 Å². The van der Waals surface area contributed by atoms with Gasteiger partial charge in [0.15, 0.2) is 0 Å². The van der Waals surface area contributed by atoms with Gasteiger partial charge in [0.1, 0.15) is 29.3 Å². The molecule has 2 nitrogen and oxygen atoms in total. The lowest BCUT2D eigenvalue weighted by Gasteiger charge is -2.11. The number of fused-ring (bicyclic) bond motifs is 1. The molecule has 0 heterocycles. The topological polar surface area (TPSA) is 33.0 Å². The summed E-state index contributed by atoms with van der Waals surface area (Å²) < 4.78 is 49.7. The molecular weight excluding hydrogens is 471 g/mol. The molecule has 4 aromatic carbocycles. The van der Waals surface area contributed by atoms with Crippen LogP contribution < -0.4 is 4.74 Å². The van der Waals surface area contributed by atoms with E-state index < -0.39 is 5.82 Å². The fourth-order valence-electron chi connectivity index (χ4n) is 4.50. The van der Waals surface area contributed by atoms with Gasteiger partial charge in [-0.3, -0.25) is 0 Å². The van der Waals surface area contributed by atoms with Crippen molar-refractivity contribution in [3.63, 3.8) is 0 Å². The van der Waals surface area contributed by atoms with Crippen LogP contribution in [0.15, 0.2) is 66.7 Å². The quantitative estimate of drug-likeness (QED) is 0.192. The zero-order valence-corrected chi connectivity index (χ0v) is 21.0. The molecular formula is C32H30F3NO. The SMILES string of the molecule is CCCCCCCOc1ccc(-c2ccc3c(F)c(CCc4ccc(C#N)c(F)c4)ccc3c2)c(F)c1. The highest BCUT2D eigenvalue weighted by Crippen LogP contribution is 2.31. The largest absolute Gasteiger partial charge is 0.493 e. The van der Waals surface area contributed by atoms with E-state index in [2.05, 4.69) is 6.92 Å². The number of rotatable bonds is 11. The molecule has 0 aliphatic rings. The Morgan fingerprint density at radius 2 is 1.62 bits per heavy atom. The summed E-state index contributed by atoms with van der Waals surface area (Å²) in [5.74, 6) is -0.771. The molecule has 0 radical (unpaired) electrons. The summed E-state index contributed by atoms with van der Waals surface area (Å²) in [6, 6.07) is 19.8. The molecule has 4 aromatic rings. The normalized spacial score (nSPS) is 11.0. The molecule has 0 N–H and O–H groups in total. The van der Waals surface area contributed by atoms with E-state index in [1.807, 2.05) is 6.07 Å². The van der Waals surface area contributed by atoms with Gasteiger partial charge in [0, 0.05) is 17.0 Å². The summed E-state index contributed by atoms with van der Waals surface area (Å²) in [5.41, 5.74) is 2.31. The number of halogens is 3. The molecule has 190 valence electrons. The Labute approximate surface area is 216 Å². The van der Waals surface area contributed by atoms with Crippen molar-refractivity contribution in [3.8, 4) is 22.9 Å². The third-order valence-corrected chi connectivity index (χ3v) is 6.64. The van der Waals surface area contributed by atoms with Gasteiger partial charge < -0.3 is 4.74 Å². The Bertz CT molecular complexity index is 1420. The molecule has 0 saturated carbocycles. The Kier molecular flexibility index (Phi) is 8.85. The summed E-state index contributed by atoms with van der Waals surface area (Å²) in [4.78, 5) is 0. The number of hydrogen-bond acceptors (Lipinski definition) is 2. The highest BCUT2D eigenvalue weighted by Gasteiger charge is 2.12. The molecule has 0 saturated heterocycles. The standard InChI is InChI=1S/C32H30F3NO/c1-2-3-4-5-6-17-37-27-14-16-28(31(34)20-27)24-13-15-29-25(19-24)12-11-23(32(29)35)9-7-22-8-10-26(21-36)30(33)18-22/h8,10-16,18-20H,2-7,9,17H2,1H3. The summed E-state index contributed by atoms with van der Waals surface area (Å²) in [7, 11) is 0. The summed E-state index contributed by atoms with van der Waals surface area (Å²) in [6.07, 6.45) is 6.50. The zero-order valence-electron chi connectivity index (χ0n) is 21.0. The van der Waals surface area contributed by atoms with Gasteiger partial charge in [-0.05, 0) is 71.7 Å². The third kappa shape index (κ3) is 6.51. The van der Waals surface area contributed by atoms with E-state index in [0.717, 1.165) is 12.8 Å². The predicted octanol–water partition coefficient (Wildman–Crippen LogP) is 8.93. The lowest BCUT2D eigenvalue weighted by molar-refractivity contribution is 0.303. The van der Waals surface area contributed by atoms with E-state index in [4.69, 9.17) is 10.00 Å². The van der Waals surface area contributed by atoms with Crippen molar-refractivity contribution in [2.45, 2.75) is 51.9 Å². The maximum atomic E-state index is 15.2. The van der Waals surface area contributed by atoms with Crippen LogP contribution in [0.3, 0.4) is 0 Å². The first-order valence-corrected chi connectivity index (χ1v) is 12.8. The first-order chi connectivity index (χ1) is 18.0. The summed E-state index contributed by atoms with van der Waals surface area (Å²) in [6.45, 7) is 2.75. The number of aryl methyl sites for hydroxylation is 2. The summed E-state index contributed by atoms with van der Waals surface area (Å²) in [5, 5.41) is 10.00. The van der Waals surface area contributed by atoms with E-state index in [-0.39, 0.29) is 17.2 Å². The number of nitrogens with zero attached hydrogens (tertiary/aromatic N) is 1. The minimum Gasteiger partial charge on any atom is -0.493 e. The second-order valence-corrected chi connectivity index (χ2v) is 9.30. The fraction of sp³-hybridized carbons (Fsp3) is 0.281. The molecule has 0 atom stereocenters. The van der Waals surface area contributed by atoms with E-state index in [0.29, 0.717) is 58.2 Å². The summed E-state index contributed by atoms with van der Waals surface area (Å²) >= 11 is 0. The van der Waals surface area contributed by atoms with E-state index in [1.54, 1.807) is 48.5 Å². The second kappa shape index (κ2) is 12.5. The van der Waals surface area contributed by atoms with E-state index >= 15 is 4.39 Å². The number of unbranched alkanes of at least 4 members (excludes halogenated alkanes) is 4. The van der Waals surface area contributed by atoms with Crippen LogP contribution in [0.1, 0.15) is 55.7 Å². The van der Waals surface area contributed by atoms with Crippen molar-refractivity contribution in [1.29, 1.82) is 5.26 Å². The molecule has 0 aliphatic heterocycles. The Morgan fingerprint density at radius 1 is 0.784 bits per heavy atom. The first kappa shape index (κ1) is 26.3. The fourth-order valence-corrected chi connectivity index (χ4v) is 4.50. The Balaban J connectivity index is 1.45. The number of ether oxygens (including phenoxy) is 1. The van der Waals surface area contributed by atoms with Gasteiger partial charge >= 0.3 is 0 Å². The van der Waals surface area contributed by atoms with Gasteiger partial charge in [0.2, 0.25) is 0 Å². The lowest BCUT2D eigenvalue weighted by Crippen LogP contribution is -1.98. The minimum atomic E-state index is -0.569. The van der Waals surface area contributed by atoms with Crippen LogP contribution >= 0.6 is 0 Å². The molecule has 0 aliphatic carbocycles. The zero-order chi connectivity index (χ0) is 26.2. The van der Waals surface area contributed by atoms with Crippen LogP contribution in [0.2, 0.25) is 0 Å². The van der Waals surface area contributed by atoms with Gasteiger partial charge in [-0.1, -0.05) is 62.9 Å². The third-order valence-electron chi connectivity index (χ3n) is 6.64. The number of nitriles is 1. The maximum Gasteiger partial charge on any atom is 0.141 e. The highest BCUT2D eigenvalue weighted by molar-refractivity contribution is 5.88. The average molecular weight is 502 g/mol. The van der Waals surface area contributed by atoms with Crippen LogP contribution in [0.25, 0.3) is 21.9 Å². The molecule has 0 unspecified atom stereocenters. The smallest absolute Gasteiger partial charge is 0.141 e. The molecule has 0 fully saturated rings. The maximum absolute atomic E-state index is 15.2. The van der Waals surface area contributed by atoms with E-state index in [9.17, 15) is 8.78 Å². The Morgan fingerprint density at radius 3 is 2.38 bits per heavy atom. The van der Waals surface area contributed by atoms with Crippen LogP contribution in [-0.4, -0.2) is 6.61 Å². The predicted molar refractivity (Wildman–Crippen MR) is 142 cm³/mol. The Hall–Kier alpha value is -3.78. The van der Waals surface area contributed by atoms with Crippen LogP contribution in [0.4, 0.5) is 13.2 Å². The van der Waals surface area contributed by atoms with Gasteiger partial charge in [0.25, 0.3) is 0 Å². The first-order valence-electron chi connectivity index (χ1n) is 12.8. The second-order valence-electron chi connectivity index (χ2n) is 9.30. The van der Waals surface area contributed by atoms with Crippen LogP contribution in [-0.2, 0) is 12.8 Å². The van der Waals surface area contributed by atoms with Crippen LogP contribution in [0.5, 0.6) is 5.75 Å². The monoisotopic (exact) mass is 501 g/mol. The molecule has 0 bridgehead atoms. The average Bonchev–Trinajstić information content (AvgIpc) is 2.90. The molecule has 0 amide bonds. The van der Waals surface area contributed by atoms with E-state index in [1.165, 1.54) is 37.5 Å². The number of benzene rings is 4. The van der Waals surface area contributed by atoms with Crippen molar-refractivity contribution >= 4 is 10.8 Å². The van der Waals surface area contributed by atoms with Crippen molar-refractivity contribution in [1.82, 2.24) is 0 Å². The molecule has 0 spiro atoms. The number of hydrogen-bond donors (Lipinski definition) is 0. The highest BCUT2D eigenvalue weighted by atomic mass is 19.1. The van der Waals surface area contributed by atoms with Crippen molar-refractivity contribution in [3.05, 3.63) is 101 Å². The lowest BCUT2D eigenvalue weighted by atomic mass is 9.96. The molecule has 4 rings (SSSR count). The van der Waals surface area contributed by atoms with Gasteiger partial charge in [0.05, 0.1) is 12.2 Å². The molecule has 5 heteroatoms. The van der Waals surface area contributed by atoms with Crippen molar-refractivity contribution in [2.24, 2.45) is 0 Å². The molecule has 37 heavy (non-hydrogen) atoms. The van der Waals surface area contributed by atoms with Gasteiger partial charge in [-0.2, -0.15) is 5.26 Å². The van der Waals surface area contributed by atoms with Gasteiger partial charge in [-0.15, -0.1) is 0 Å². The molecule has 0 aromatic heterocycles.